The highest BCUT2D eigenvalue weighted by atomic mass is 35.7. The maximum Gasteiger partial charge on any atom is 0.409 e. The van der Waals surface area contributed by atoms with Gasteiger partial charge in [-0.2, -0.15) is 0 Å². The molecule has 12 heteroatoms. The standard InChI is InChI=1S/C21H20Cl2FN3O5S/c1-12-3-4-27-17(8-13-11-26(5-6-32-13)21(28)31-2)20(25-19(27)7-12)14-9-16(24)18(10-15(14)22)33(23,29)30/h3-4,7,9-10,13H,5-6,8,11H2,1-2H3/t13-/m0/s1. The molecule has 1 atom stereocenters. The molecular weight excluding hydrogens is 496 g/mol. The van der Waals surface area contributed by atoms with Crippen LogP contribution < -0.4 is 0 Å². The molecule has 1 aliphatic heterocycles. The Bertz CT molecular complexity index is 1350. The van der Waals surface area contributed by atoms with Crippen LogP contribution in [0.4, 0.5) is 9.18 Å². The average Bonchev–Trinajstić information content (AvgIpc) is 3.10. The first-order chi connectivity index (χ1) is 15.6. The first-order valence-electron chi connectivity index (χ1n) is 9.94. The lowest BCUT2D eigenvalue weighted by Gasteiger charge is -2.32. The van der Waals surface area contributed by atoms with Crippen LogP contribution in [0.2, 0.25) is 5.02 Å². The second-order valence-corrected chi connectivity index (χ2v) is 10.6. The van der Waals surface area contributed by atoms with Gasteiger partial charge in [0.1, 0.15) is 16.4 Å². The molecule has 4 rings (SSSR count). The molecule has 176 valence electrons. The largest absolute Gasteiger partial charge is 0.453 e. The van der Waals surface area contributed by atoms with Gasteiger partial charge in [0.15, 0.2) is 0 Å². The normalized spacial score (nSPS) is 16.9. The molecule has 0 N–H and O–H groups in total. The van der Waals surface area contributed by atoms with Crippen molar-refractivity contribution in [2.24, 2.45) is 0 Å². The molecule has 1 amide bonds. The summed E-state index contributed by atoms with van der Waals surface area (Å²) in [5.41, 5.74) is 2.84. The minimum absolute atomic E-state index is 0.0160. The molecule has 0 unspecified atom stereocenters. The Balaban J connectivity index is 1.81. The first-order valence-corrected chi connectivity index (χ1v) is 12.6. The summed E-state index contributed by atoms with van der Waals surface area (Å²) in [5, 5.41) is -0.0160. The van der Waals surface area contributed by atoms with Gasteiger partial charge in [-0.25, -0.2) is 22.6 Å². The molecule has 0 saturated carbocycles. The van der Waals surface area contributed by atoms with E-state index in [0.717, 1.165) is 17.7 Å². The topological polar surface area (TPSA) is 90.2 Å². The van der Waals surface area contributed by atoms with Gasteiger partial charge in [-0.05, 0) is 36.8 Å². The fourth-order valence-corrected chi connectivity index (χ4v) is 5.08. The third kappa shape index (κ3) is 4.79. The van der Waals surface area contributed by atoms with Crippen molar-refractivity contribution < 1.29 is 27.1 Å². The molecular formula is C21H20Cl2FN3O5S. The smallest absolute Gasteiger partial charge is 0.409 e. The second-order valence-electron chi connectivity index (χ2n) is 7.65. The zero-order chi connectivity index (χ0) is 23.9. The first kappa shape index (κ1) is 23.7. The van der Waals surface area contributed by atoms with Gasteiger partial charge < -0.3 is 18.8 Å². The summed E-state index contributed by atoms with van der Waals surface area (Å²) in [5.74, 6) is -1.03. The van der Waals surface area contributed by atoms with Crippen molar-refractivity contribution in [2.45, 2.75) is 24.3 Å². The van der Waals surface area contributed by atoms with Crippen LogP contribution in [-0.2, 0) is 24.9 Å². The van der Waals surface area contributed by atoms with Gasteiger partial charge in [-0.3, -0.25) is 0 Å². The molecule has 0 radical (unpaired) electrons. The van der Waals surface area contributed by atoms with E-state index in [1.807, 2.05) is 29.7 Å². The summed E-state index contributed by atoms with van der Waals surface area (Å²) in [7, 11) is 2.32. The Morgan fingerprint density at radius 1 is 1.36 bits per heavy atom. The Labute approximate surface area is 199 Å². The van der Waals surface area contributed by atoms with Crippen molar-refractivity contribution in [1.29, 1.82) is 0 Å². The number of carbonyl (C=O) groups is 1. The zero-order valence-electron chi connectivity index (χ0n) is 17.7. The predicted molar refractivity (Wildman–Crippen MR) is 121 cm³/mol. The molecule has 0 aliphatic carbocycles. The number of benzene rings is 1. The van der Waals surface area contributed by atoms with Gasteiger partial charge in [-0.15, -0.1) is 0 Å². The van der Waals surface area contributed by atoms with Crippen molar-refractivity contribution in [3.8, 4) is 11.3 Å². The van der Waals surface area contributed by atoms with Crippen LogP contribution in [0.15, 0.2) is 35.4 Å². The summed E-state index contributed by atoms with van der Waals surface area (Å²) in [6.07, 6.45) is 1.35. The summed E-state index contributed by atoms with van der Waals surface area (Å²) in [4.78, 5) is 17.4. The molecule has 33 heavy (non-hydrogen) atoms. The fraction of sp³-hybridized carbons (Fsp3) is 0.333. The third-order valence-corrected chi connectivity index (χ3v) is 7.06. The van der Waals surface area contributed by atoms with E-state index in [1.54, 1.807) is 4.90 Å². The van der Waals surface area contributed by atoms with E-state index in [0.29, 0.717) is 43.2 Å². The number of ether oxygens (including phenoxy) is 2. The number of carbonyl (C=O) groups excluding carboxylic acids is 1. The maximum atomic E-state index is 14.7. The lowest BCUT2D eigenvalue weighted by molar-refractivity contribution is -0.0241. The quantitative estimate of drug-likeness (QED) is 0.487. The summed E-state index contributed by atoms with van der Waals surface area (Å²) >= 11 is 6.36. The predicted octanol–water partition coefficient (Wildman–Crippen LogP) is 4.04. The molecule has 1 fully saturated rings. The minimum Gasteiger partial charge on any atom is -0.453 e. The summed E-state index contributed by atoms with van der Waals surface area (Å²) in [6, 6.07) is 5.75. The van der Waals surface area contributed by atoms with Crippen LogP contribution >= 0.6 is 22.3 Å². The molecule has 2 aromatic heterocycles. The summed E-state index contributed by atoms with van der Waals surface area (Å²) < 4.78 is 50.5. The van der Waals surface area contributed by atoms with Crippen molar-refractivity contribution >= 4 is 43.1 Å². The minimum atomic E-state index is -4.32. The van der Waals surface area contributed by atoms with Crippen LogP contribution in [0.1, 0.15) is 11.3 Å². The van der Waals surface area contributed by atoms with E-state index < -0.39 is 25.9 Å². The molecule has 1 saturated heterocycles. The average molecular weight is 516 g/mol. The van der Waals surface area contributed by atoms with Crippen molar-refractivity contribution in [2.75, 3.05) is 26.8 Å². The number of fused-ring (bicyclic) bond motifs is 1. The number of hydrogen-bond donors (Lipinski definition) is 0. The fourth-order valence-electron chi connectivity index (χ4n) is 3.86. The summed E-state index contributed by atoms with van der Waals surface area (Å²) in [6.45, 7) is 2.96. The molecule has 3 aromatic rings. The number of rotatable bonds is 4. The zero-order valence-corrected chi connectivity index (χ0v) is 20.0. The van der Waals surface area contributed by atoms with E-state index in [9.17, 15) is 17.6 Å². The van der Waals surface area contributed by atoms with Gasteiger partial charge in [0.2, 0.25) is 0 Å². The third-order valence-electron chi connectivity index (χ3n) is 5.41. The van der Waals surface area contributed by atoms with E-state index in [1.165, 1.54) is 7.11 Å². The number of amides is 1. The van der Waals surface area contributed by atoms with Crippen molar-refractivity contribution in [3.05, 3.63) is 52.6 Å². The number of halogens is 3. The van der Waals surface area contributed by atoms with Gasteiger partial charge in [0.25, 0.3) is 9.05 Å². The number of imidazole rings is 1. The lowest BCUT2D eigenvalue weighted by atomic mass is 10.0. The Morgan fingerprint density at radius 3 is 2.82 bits per heavy atom. The van der Waals surface area contributed by atoms with Gasteiger partial charge in [0.05, 0.1) is 42.8 Å². The number of aryl methyl sites for hydroxylation is 1. The number of methoxy groups -OCH3 is 1. The number of hydrogen-bond acceptors (Lipinski definition) is 6. The van der Waals surface area contributed by atoms with Crippen LogP contribution in [-0.4, -0.2) is 61.7 Å². The van der Waals surface area contributed by atoms with Gasteiger partial charge in [-0.1, -0.05) is 11.6 Å². The SMILES string of the molecule is COC(=O)N1CCO[C@@H](Cc2c(-c3cc(F)c(S(=O)(=O)Cl)cc3Cl)nc3cc(C)ccn23)C1. The second kappa shape index (κ2) is 9.09. The van der Waals surface area contributed by atoms with E-state index in [-0.39, 0.29) is 16.7 Å². The van der Waals surface area contributed by atoms with Crippen molar-refractivity contribution in [3.63, 3.8) is 0 Å². The Kier molecular flexibility index (Phi) is 6.54. The molecule has 3 heterocycles. The maximum absolute atomic E-state index is 14.7. The van der Waals surface area contributed by atoms with E-state index in [4.69, 9.17) is 31.8 Å². The van der Waals surface area contributed by atoms with Gasteiger partial charge >= 0.3 is 6.09 Å². The van der Waals surface area contributed by atoms with Crippen LogP contribution in [0.5, 0.6) is 0 Å². The van der Waals surface area contributed by atoms with Crippen LogP contribution in [0.3, 0.4) is 0 Å². The lowest BCUT2D eigenvalue weighted by Crippen LogP contribution is -2.46. The molecule has 1 aromatic carbocycles. The van der Waals surface area contributed by atoms with E-state index >= 15 is 0 Å². The van der Waals surface area contributed by atoms with Crippen molar-refractivity contribution in [1.82, 2.24) is 14.3 Å². The molecule has 8 nitrogen and oxygen atoms in total. The Hall–Kier alpha value is -2.40. The van der Waals surface area contributed by atoms with Gasteiger partial charge in [0, 0.05) is 35.4 Å². The molecule has 1 aliphatic rings. The van der Waals surface area contributed by atoms with Crippen LogP contribution in [0, 0.1) is 12.7 Å². The number of nitrogens with zero attached hydrogens (tertiary/aromatic N) is 3. The molecule has 0 spiro atoms. The number of pyridine rings is 1. The van der Waals surface area contributed by atoms with E-state index in [2.05, 4.69) is 4.98 Å². The number of morpholine rings is 1. The van der Waals surface area contributed by atoms with Crippen LogP contribution in [0.25, 0.3) is 16.9 Å². The highest BCUT2D eigenvalue weighted by Crippen LogP contribution is 2.35. The highest BCUT2D eigenvalue weighted by molar-refractivity contribution is 8.13. The number of aromatic nitrogens is 2. The Morgan fingerprint density at radius 2 is 2.12 bits per heavy atom. The monoisotopic (exact) mass is 515 g/mol. The highest BCUT2D eigenvalue weighted by Gasteiger charge is 2.29. The molecule has 0 bridgehead atoms.